The Kier molecular flexibility index (Phi) is 8.78. The summed E-state index contributed by atoms with van der Waals surface area (Å²) in [6, 6.07) is -1.52. The van der Waals surface area contributed by atoms with E-state index in [1.54, 1.807) is 34.6 Å². The molecule has 1 aliphatic rings. The number of nitrogens with two attached hydrogens (primary N) is 2. The van der Waals surface area contributed by atoms with Gasteiger partial charge in [0.05, 0.1) is 0 Å². The van der Waals surface area contributed by atoms with Crippen molar-refractivity contribution in [1.82, 2.24) is 15.8 Å². The Morgan fingerprint density at radius 2 is 1.86 bits per heavy atom. The maximum Gasteiger partial charge on any atom is 0.408 e. The minimum absolute atomic E-state index is 0.0516. The predicted molar refractivity (Wildman–Crippen MR) is 106 cm³/mol. The van der Waals surface area contributed by atoms with Crippen LogP contribution in [0.25, 0.3) is 0 Å². The largest absolute Gasteiger partial charge is 0.444 e. The molecule has 0 aromatic rings. The first kappa shape index (κ1) is 24.6. The van der Waals surface area contributed by atoms with Gasteiger partial charge < -0.3 is 15.8 Å². The first-order chi connectivity index (χ1) is 13.3. The Bertz CT molecular complexity index is 656. The summed E-state index contributed by atoms with van der Waals surface area (Å²) < 4.78 is 5.20. The quantitative estimate of drug-likeness (QED) is 0.433. The summed E-state index contributed by atoms with van der Waals surface area (Å²) >= 11 is 0. The second-order valence-electron chi connectivity index (χ2n) is 8.48. The molecule has 6 N–H and O–H groups in total. The van der Waals surface area contributed by atoms with Gasteiger partial charge in [-0.15, -0.1) is 0 Å². The van der Waals surface area contributed by atoms with Crippen molar-refractivity contribution in [1.29, 1.82) is 0 Å². The molecule has 0 saturated carbocycles. The van der Waals surface area contributed by atoms with Gasteiger partial charge in [-0.3, -0.25) is 14.6 Å². The van der Waals surface area contributed by atoms with E-state index in [0.717, 1.165) is 11.7 Å². The number of carbonyl (C=O) groups excluding carboxylic acids is 4. The molecule has 2 unspecified atom stereocenters. The number of nitrogens with one attached hydrogen (secondary N) is 2. The lowest BCUT2D eigenvalue weighted by molar-refractivity contribution is -0.515. The van der Waals surface area contributed by atoms with Gasteiger partial charge in [0.25, 0.3) is 0 Å². The molecule has 164 valence electrons. The van der Waals surface area contributed by atoms with Crippen LogP contribution in [0.2, 0.25) is 0 Å². The van der Waals surface area contributed by atoms with Gasteiger partial charge in [0.2, 0.25) is 5.91 Å². The number of hydrazine groups is 1. The van der Waals surface area contributed by atoms with Crippen LogP contribution in [0.3, 0.4) is 0 Å². The van der Waals surface area contributed by atoms with Gasteiger partial charge in [-0.25, -0.2) is 20.3 Å². The fourth-order valence-corrected chi connectivity index (χ4v) is 2.80. The molecular formula is C19H34N5O5+. The number of carbonyl (C=O) groups is 4. The first-order valence-electron chi connectivity index (χ1n) is 9.76. The molecule has 1 aliphatic heterocycles. The number of rotatable bonds is 6. The summed E-state index contributed by atoms with van der Waals surface area (Å²) in [6.45, 7) is 12.8. The molecule has 1 saturated heterocycles. The zero-order chi connectivity index (χ0) is 22.4. The van der Waals surface area contributed by atoms with Crippen LogP contribution >= 0.6 is 0 Å². The second kappa shape index (κ2) is 10.4. The predicted octanol–water partition coefficient (Wildman–Crippen LogP) is -0.490. The van der Waals surface area contributed by atoms with E-state index in [4.69, 9.17) is 10.5 Å². The van der Waals surface area contributed by atoms with E-state index in [-0.39, 0.29) is 11.6 Å². The number of hydrogen-bond acceptors (Lipinski definition) is 6. The summed E-state index contributed by atoms with van der Waals surface area (Å²) in [4.78, 5) is 48.9. The van der Waals surface area contributed by atoms with Crippen molar-refractivity contribution in [3.63, 3.8) is 0 Å². The lowest BCUT2D eigenvalue weighted by atomic mass is 10.0. The second-order valence-corrected chi connectivity index (χ2v) is 8.48. The highest BCUT2D eigenvalue weighted by Crippen LogP contribution is 2.10. The van der Waals surface area contributed by atoms with E-state index in [9.17, 15) is 19.2 Å². The molecule has 4 amide bonds. The number of hydrogen-bond donors (Lipinski definition) is 4. The third-order valence-electron chi connectivity index (χ3n) is 4.26. The summed E-state index contributed by atoms with van der Waals surface area (Å²) in [5, 5.41) is 4.92. The standard InChI is InChI=1S/C19H33N5O5/c1-11(2)14(22-18(28)29-19(4,5)6)16(26)21-12(3)17(27)24-10-8-7-9-13(23-24)15(20)25/h11,13-14,23H,3,7-10H2,1-2,4-6H3,(H2,20,25)(H,21,26)(H,22,28)/p+1. The Morgan fingerprint density at radius 1 is 1.24 bits per heavy atom. The van der Waals surface area contributed by atoms with E-state index < -0.39 is 41.5 Å². The van der Waals surface area contributed by atoms with Gasteiger partial charge >= 0.3 is 17.9 Å². The molecule has 1 heterocycles. The number of amides is 4. The topological polar surface area (TPSA) is 147 Å². The van der Waals surface area contributed by atoms with Gasteiger partial charge in [0, 0.05) is 6.54 Å². The molecule has 0 radical (unpaired) electrons. The van der Waals surface area contributed by atoms with Gasteiger partial charge in [0.15, 0.2) is 5.70 Å². The summed E-state index contributed by atoms with van der Waals surface area (Å²) in [6.07, 6.45) is 1.25. The highest BCUT2D eigenvalue weighted by atomic mass is 16.6. The molecule has 1 fully saturated rings. The van der Waals surface area contributed by atoms with E-state index in [0.29, 0.717) is 19.4 Å². The first-order valence-corrected chi connectivity index (χ1v) is 9.76. The molecule has 0 aliphatic carbocycles. The van der Waals surface area contributed by atoms with Crippen LogP contribution in [0, 0.1) is 5.92 Å². The monoisotopic (exact) mass is 412 g/mol. The normalized spacial score (nSPS) is 18.6. The number of ether oxygens (including phenoxy) is 1. The van der Waals surface area contributed by atoms with Crippen LogP contribution in [-0.4, -0.2) is 53.1 Å². The zero-order valence-corrected chi connectivity index (χ0v) is 17.9. The third-order valence-corrected chi connectivity index (χ3v) is 4.26. The Morgan fingerprint density at radius 3 is 2.38 bits per heavy atom. The molecule has 2 atom stereocenters. The molecule has 0 spiro atoms. The van der Waals surface area contributed by atoms with Crippen LogP contribution in [0.1, 0.15) is 53.9 Å². The van der Waals surface area contributed by atoms with Gasteiger partial charge in [-0.2, -0.15) is 0 Å². The minimum atomic E-state index is -0.870. The lowest BCUT2D eigenvalue weighted by Gasteiger charge is -2.25. The fourth-order valence-electron chi connectivity index (χ4n) is 2.80. The van der Waals surface area contributed by atoms with Crippen LogP contribution < -0.4 is 21.8 Å². The number of primary amides is 2. The summed E-state index contributed by atoms with van der Waals surface area (Å²) in [7, 11) is 0. The molecule has 1 rings (SSSR count). The number of quaternary nitrogens is 1. The molecule has 10 heteroatoms. The average molecular weight is 413 g/mol. The SMILES string of the molecule is C=C([NH2+]C(=O)C(NC(=O)OC(C)(C)C)C(C)C)C(=O)N1CCCCC(C(N)=O)N1. The smallest absolute Gasteiger partial charge is 0.408 e. The van der Waals surface area contributed by atoms with Crippen molar-refractivity contribution < 1.29 is 29.2 Å². The lowest BCUT2D eigenvalue weighted by Crippen LogP contribution is -2.91. The molecule has 29 heavy (non-hydrogen) atoms. The van der Waals surface area contributed by atoms with Crippen molar-refractivity contribution in [3.05, 3.63) is 12.3 Å². The maximum atomic E-state index is 12.7. The fraction of sp³-hybridized carbons (Fsp3) is 0.684. The van der Waals surface area contributed by atoms with E-state index in [1.807, 2.05) is 0 Å². The van der Waals surface area contributed by atoms with Crippen molar-refractivity contribution in [2.75, 3.05) is 6.54 Å². The van der Waals surface area contributed by atoms with Gasteiger partial charge in [-0.1, -0.05) is 13.8 Å². The van der Waals surface area contributed by atoms with E-state index in [2.05, 4.69) is 17.3 Å². The van der Waals surface area contributed by atoms with Gasteiger partial charge in [0.1, 0.15) is 17.7 Å². The van der Waals surface area contributed by atoms with Crippen LogP contribution in [0.15, 0.2) is 12.3 Å². The average Bonchev–Trinajstić information content (AvgIpc) is 2.83. The third kappa shape index (κ3) is 8.20. The summed E-state index contributed by atoms with van der Waals surface area (Å²) in [5.74, 6) is -1.77. The van der Waals surface area contributed by atoms with Crippen LogP contribution in [-0.2, 0) is 19.1 Å². The molecule has 10 nitrogen and oxygen atoms in total. The number of alkyl carbamates (subject to hydrolysis) is 1. The van der Waals surface area contributed by atoms with Crippen LogP contribution in [0.5, 0.6) is 0 Å². The minimum Gasteiger partial charge on any atom is -0.444 e. The Balaban J connectivity index is 2.76. The molecule has 0 bridgehead atoms. The van der Waals surface area contributed by atoms with Crippen molar-refractivity contribution in [2.24, 2.45) is 11.7 Å². The van der Waals surface area contributed by atoms with E-state index >= 15 is 0 Å². The van der Waals surface area contributed by atoms with Crippen molar-refractivity contribution in [2.45, 2.75) is 71.6 Å². The van der Waals surface area contributed by atoms with Crippen LogP contribution in [0.4, 0.5) is 4.79 Å². The van der Waals surface area contributed by atoms with Crippen molar-refractivity contribution >= 4 is 23.8 Å². The molecule has 0 aromatic carbocycles. The van der Waals surface area contributed by atoms with E-state index in [1.165, 1.54) is 5.01 Å². The highest BCUT2D eigenvalue weighted by molar-refractivity contribution is 5.92. The zero-order valence-electron chi connectivity index (χ0n) is 17.9. The van der Waals surface area contributed by atoms with Crippen molar-refractivity contribution in [3.8, 4) is 0 Å². The maximum absolute atomic E-state index is 12.7. The van der Waals surface area contributed by atoms with Gasteiger partial charge in [-0.05, 0) is 52.5 Å². The Labute approximate surface area is 171 Å². The molecular weight excluding hydrogens is 378 g/mol. The molecule has 0 aromatic heterocycles. The number of nitrogens with zero attached hydrogens (tertiary/aromatic N) is 1. The summed E-state index contributed by atoms with van der Waals surface area (Å²) in [5.41, 5.74) is 7.40. The highest BCUT2D eigenvalue weighted by Gasteiger charge is 2.33. The Hall–Kier alpha value is -2.46.